The topological polar surface area (TPSA) is 150 Å². The second-order valence-corrected chi connectivity index (χ2v) is 8.10. The van der Waals surface area contributed by atoms with E-state index in [1.807, 2.05) is 0 Å². The lowest BCUT2D eigenvalue weighted by Crippen LogP contribution is -2.52. The standard InChI is InChI=1S/C17H25NO.C4H6O6/c1-17-9-5-3-4-6-13(16(17)18)10-12-7-8-14(19-2)11-15(12)17;5-1(3(7)8)2(6)4(9)10/h7-8,11,13,16H,3-6,9-10,18H2,1-2H3;1-2,5-6H,(H,7,8)(H,9,10)/t;1-,2-/m.1/s1. The zero-order valence-electron chi connectivity index (χ0n) is 16.9. The molecule has 0 spiro atoms. The predicted octanol–water partition coefficient (Wildman–Crippen LogP) is 1.29. The molecule has 0 aliphatic heterocycles. The van der Waals surface area contributed by atoms with E-state index in [2.05, 4.69) is 25.1 Å². The summed E-state index contributed by atoms with van der Waals surface area (Å²) in [5.41, 5.74) is 9.72. The van der Waals surface area contributed by atoms with Crippen LogP contribution in [0, 0.1) is 5.92 Å². The summed E-state index contributed by atoms with van der Waals surface area (Å²) in [5.74, 6) is -1.91. The van der Waals surface area contributed by atoms with Gasteiger partial charge in [0.2, 0.25) is 0 Å². The van der Waals surface area contributed by atoms with Crippen LogP contribution >= 0.6 is 0 Å². The molecule has 1 fully saturated rings. The molecule has 3 unspecified atom stereocenters. The molecule has 6 N–H and O–H groups in total. The molecule has 8 nitrogen and oxygen atoms in total. The first-order chi connectivity index (χ1) is 13.6. The molecule has 0 radical (unpaired) electrons. The third-order valence-corrected chi connectivity index (χ3v) is 6.23. The lowest BCUT2D eigenvalue weighted by Gasteiger charge is -2.47. The number of aliphatic carboxylic acids is 2. The Morgan fingerprint density at radius 3 is 2.31 bits per heavy atom. The fourth-order valence-corrected chi connectivity index (χ4v) is 4.43. The Hall–Kier alpha value is -2.16. The fraction of sp³-hybridized carbons (Fsp3) is 0.619. The van der Waals surface area contributed by atoms with Gasteiger partial charge in [0, 0.05) is 11.5 Å². The highest BCUT2D eigenvalue weighted by Crippen LogP contribution is 2.46. The number of carboxylic acid groups (broad SMARTS) is 2. The molecule has 2 bridgehead atoms. The van der Waals surface area contributed by atoms with Gasteiger partial charge in [0.25, 0.3) is 0 Å². The Bertz CT molecular complexity index is 720. The maximum atomic E-state index is 9.77. The zero-order valence-corrected chi connectivity index (χ0v) is 16.9. The number of fused-ring (bicyclic) bond motifs is 4. The molecule has 5 atom stereocenters. The minimum atomic E-state index is -2.27. The number of methoxy groups -OCH3 is 1. The minimum absolute atomic E-state index is 0.132. The summed E-state index contributed by atoms with van der Waals surface area (Å²) < 4.78 is 5.41. The zero-order chi connectivity index (χ0) is 21.8. The first-order valence-corrected chi connectivity index (χ1v) is 9.86. The van der Waals surface area contributed by atoms with E-state index >= 15 is 0 Å². The molecule has 1 saturated carbocycles. The van der Waals surface area contributed by atoms with E-state index in [0.29, 0.717) is 12.0 Å². The van der Waals surface area contributed by atoms with E-state index in [0.717, 1.165) is 12.2 Å². The smallest absolute Gasteiger partial charge is 0.335 e. The highest BCUT2D eigenvalue weighted by atomic mass is 16.5. The van der Waals surface area contributed by atoms with Gasteiger partial charge in [-0.3, -0.25) is 0 Å². The van der Waals surface area contributed by atoms with Gasteiger partial charge in [0.1, 0.15) is 5.75 Å². The first kappa shape index (κ1) is 23.1. The molecule has 2 aliphatic carbocycles. The molecule has 0 aromatic heterocycles. The number of hydrogen-bond donors (Lipinski definition) is 5. The van der Waals surface area contributed by atoms with Crippen molar-refractivity contribution in [3.05, 3.63) is 29.3 Å². The van der Waals surface area contributed by atoms with Crippen molar-refractivity contribution in [2.45, 2.75) is 69.1 Å². The van der Waals surface area contributed by atoms with Crippen molar-refractivity contribution in [1.82, 2.24) is 0 Å². The average molecular weight is 409 g/mol. The van der Waals surface area contributed by atoms with Crippen LogP contribution in [0.4, 0.5) is 0 Å². The third-order valence-electron chi connectivity index (χ3n) is 6.23. The number of hydrogen-bond acceptors (Lipinski definition) is 6. The number of carboxylic acids is 2. The van der Waals surface area contributed by atoms with E-state index in [4.69, 9.17) is 30.9 Å². The molecule has 0 amide bonds. The van der Waals surface area contributed by atoms with Crippen LogP contribution in [-0.4, -0.2) is 57.7 Å². The number of aliphatic hydroxyl groups excluding tert-OH is 2. The van der Waals surface area contributed by atoms with Crippen molar-refractivity contribution in [1.29, 1.82) is 0 Å². The monoisotopic (exact) mass is 409 g/mol. The van der Waals surface area contributed by atoms with Crippen molar-refractivity contribution in [2.24, 2.45) is 11.7 Å². The molecule has 162 valence electrons. The van der Waals surface area contributed by atoms with E-state index in [1.54, 1.807) is 7.11 Å². The number of aliphatic hydroxyl groups is 2. The minimum Gasteiger partial charge on any atom is -0.497 e. The van der Waals surface area contributed by atoms with E-state index in [1.165, 1.54) is 43.2 Å². The number of benzene rings is 1. The summed E-state index contributed by atoms with van der Waals surface area (Å²) in [5, 5.41) is 32.5. The fourth-order valence-electron chi connectivity index (χ4n) is 4.43. The third kappa shape index (κ3) is 5.07. The Balaban J connectivity index is 0.000000257. The van der Waals surface area contributed by atoms with Crippen LogP contribution in [0.15, 0.2) is 18.2 Å². The summed E-state index contributed by atoms with van der Waals surface area (Å²) in [6.07, 6.45) is 3.13. The van der Waals surface area contributed by atoms with Crippen LogP contribution in [-0.2, 0) is 21.4 Å². The van der Waals surface area contributed by atoms with Crippen molar-refractivity contribution in [3.8, 4) is 5.75 Å². The van der Waals surface area contributed by atoms with Crippen molar-refractivity contribution < 1.29 is 34.8 Å². The number of ether oxygens (including phenoxy) is 1. The first-order valence-electron chi connectivity index (χ1n) is 9.86. The lowest BCUT2D eigenvalue weighted by molar-refractivity contribution is -0.165. The van der Waals surface area contributed by atoms with Gasteiger partial charge in [-0.1, -0.05) is 32.3 Å². The molecule has 2 aliphatic rings. The Morgan fingerprint density at radius 1 is 1.14 bits per heavy atom. The van der Waals surface area contributed by atoms with Crippen LogP contribution in [0.1, 0.15) is 50.2 Å². The van der Waals surface area contributed by atoms with Crippen LogP contribution in [0.5, 0.6) is 5.75 Å². The van der Waals surface area contributed by atoms with Gasteiger partial charge >= 0.3 is 11.9 Å². The summed E-state index contributed by atoms with van der Waals surface area (Å²) >= 11 is 0. The number of rotatable bonds is 4. The van der Waals surface area contributed by atoms with Crippen LogP contribution < -0.4 is 10.5 Å². The normalized spacial score (nSPS) is 27.8. The summed E-state index contributed by atoms with van der Waals surface area (Å²) in [6.45, 7) is 2.37. The Morgan fingerprint density at radius 2 is 1.76 bits per heavy atom. The second-order valence-electron chi connectivity index (χ2n) is 8.10. The molecule has 0 saturated heterocycles. The summed E-state index contributed by atoms with van der Waals surface area (Å²) in [7, 11) is 1.74. The highest BCUT2D eigenvalue weighted by Gasteiger charge is 2.43. The largest absolute Gasteiger partial charge is 0.497 e. The molecule has 0 heterocycles. The molecular formula is C21H31NO7. The molecular weight excluding hydrogens is 378 g/mol. The number of nitrogens with two attached hydrogens (primary N) is 1. The van der Waals surface area contributed by atoms with E-state index < -0.39 is 24.1 Å². The quantitative estimate of drug-likeness (QED) is 0.499. The van der Waals surface area contributed by atoms with Gasteiger partial charge in [0.05, 0.1) is 7.11 Å². The van der Waals surface area contributed by atoms with Crippen molar-refractivity contribution >= 4 is 11.9 Å². The van der Waals surface area contributed by atoms with Crippen molar-refractivity contribution in [2.75, 3.05) is 7.11 Å². The van der Waals surface area contributed by atoms with Gasteiger partial charge < -0.3 is 30.9 Å². The van der Waals surface area contributed by atoms with Crippen molar-refractivity contribution in [3.63, 3.8) is 0 Å². The summed E-state index contributed by atoms with van der Waals surface area (Å²) in [6, 6.07) is 6.88. The van der Waals surface area contributed by atoms with Crippen LogP contribution in [0.2, 0.25) is 0 Å². The van der Waals surface area contributed by atoms with Gasteiger partial charge in [-0.25, -0.2) is 9.59 Å². The Kier molecular flexibility index (Phi) is 7.62. The second kappa shape index (κ2) is 9.56. The maximum Gasteiger partial charge on any atom is 0.335 e. The van der Waals surface area contributed by atoms with E-state index in [9.17, 15) is 9.59 Å². The van der Waals surface area contributed by atoms with Crippen LogP contribution in [0.25, 0.3) is 0 Å². The van der Waals surface area contributed by atoms with Gasteiger partial charge in [0.15, 0.2) is 12.2 Å². The highest BCUT2D eigenvalue weighted by molar-refractivity contribution is 5.83. The molecule has 1 aromatic carbocycles. The molecule has 8 heteroatoms. The van der Waals surface area contributed by atoms with E-state index in [-0.39, 0.29) is 5.41 Å². The number of carbonyl (C=O) groups is 2. The van der Waals surface area contributed by atoms with Gasteiger partial charge in [-0.2, -0.15) is 0 Å². The molecule has 3 rings (SSSR count). The van der Waals surface area contributed by atoms with Crippen LogP contribution in [0.3, 0.4) is 0 Å². The van der Waals surface area contributed by atoms with Gasteiger partial charge in [-0.05, 0) is 48.4 Å². The maximum absolute atomic E-state index is 9.77. The Labute approximate surface area is 170 Å². The SMILES string of the molecule is COc1ccc2c(c1)C1(C)CCCCCC(C2)C1N.O=C(O)[C@H](O)[C@@H](O)C(=O)O. The predicted molar refractivity (Wildman–Crippen MR) is 106 cm³/mol. The molecule has 1 aromatic rings. The lowest BCUT2D eigenvalue weighted by atomic mass is 9.60. The van der Waals surface area contributed by atoms with Gasteiger partial charge in [-0.15, -0.1) is 0 Å². The summed E-state index contributed by atoms with van der Waals surface area (Å²) in [4.78, 5) is 19.5. The average Bonchev–Trinajstić information content (AvgIpc) is 2.70. The molecule has 29 heavy (non-hydrogen) atoms.